The number of hydrogen-bond acceptors (Lipinski definition) is 5. The summed E-state index contributed by atoms with van der Waals surface area (Å²) in [5, 5.41) is 14.8. The van der Waals surface area contributed by atoms with Gasteiger partial charge < -0.3 is 15.7 Å². The zero-order valence-corrected chi connectivity index (χ0v) is 11.7. The van der Waals surface area contributed by atoms with Crippen molar-refractivity contribution in [1.82, 2.24) is 4.98 Å². The molecule has 0 radical (unpaired) electrons. The van der Waals surface area contributed by atoms with E-state index in [0.29, 0.717) is 22.9 Å². The lowest BCUT2D eigenvalue weighted by Gasteiger charge is -2.07. The summed E-state index contributed by atoms with van der Waals surface area (Å²) < 4.78 is 5.57. The number of amidine groups is 1. The first-order valence-electron chi connectivity index (χ1n) is 5.41. The molecule has 0 aliphatic rings. The van der Waals surface area contributed by atoms with Crippen LogP contribution in [0.2, 0.25) is 5.02 Å². The molecule has 0 saturated heterocycles. The molecule has 0 spiro atoms. The molecule has 0 amide bonds. The second-order valence-electron chi connectivity index (χ2n) is 3.77. The van der Waals surface area contributed by atoms with Gasteiger partial charge in [0.05, 0.1) is 15.7 Å². The summed E-state index contributed by atoms with van der Waals surface area (Å²) in [6.07, 6.45) is 0. The molecule has 0 aliphatic carbocycles. The molecule has 0 saturated carbocycles. The van der Waals surface area contributed by atoms with Crippen LogP contribution in [0.25, 0.3) is 0 Å². The predicted octanol–water partition coefficient (Wildman–Crippen LogP) is 2.78. The summed E-state index contributed by atoms with van der Waals surface area (Å²) in [6, 6.07) is 4.96. The molecule has 5 nitrogen and oxygen atoms in total. The highest BCUT2D eigenvalue weighted by Gasteiger charge is 2.07. The summed E-state index contributed by atoms with van der Waals surface area (Å²) in [5.41, 5.74) is 6.81. The number of benzene rings is 1. The van der Waals surface area contributed by atoms with Crippen molar-refractivity contribution in [3.63, 3.8) is 0 Å². The van der Waals surface area contributed by atoms with Crippen molar-refractivity contribution in [1.29, 1.82) is 0 Å². The second-order valence-corrected chi connectivity index (χ2v) is 5.24. The predicted molar refractivity (Wildman–Crippen MR) is 75.1 cm³/mol. The van der Waals surface area contributed by atoms with E-state index in [4.69, 9.17) is 27.3 Å². The number of thiazole rings is 1. The molecule has 0 aliphatic heterocycles. The highest BCUT2D eigenvalue weighted by Crippen LogP contribution is 2.23. The van der Waals surface area contributed by atoms with Gasteiger partial charge in [-0.1, -0.05) is 16.8 Å². The van der Waals surface area contributed by atoms with Gasteiger partial charge in [-0.2, -0.15) is 0 Å². The molecule has 0 unspecified atom stereocenters. The van der Waals surface area contributed by atoms with Crippen molar-refractivity contribution >= 4 is 28.8 Å². The molecule has 2 rings (SSSR count). The number of nitrogens with zero attached hydrogens (tertiary/aromatic N) is 2. The number of oxime groups is 1. The third kappa shape index (κ3) is 3.36. The van der Waals surface area contributed by atoms with Crippen LogP contribution in [0.5, 0.6) is 5.75 Å². The smallest absolute Gasteiger partial charge is 0.171 e. The number of aromatic nitrogens is 1. The summed E-state index contributed by atoms with van der Waals surface area (Å²) in [6.45, 7) is 2.32. The van der Waals surface area contributed by atoms with Crippen LogP contribution in [0.1, 0.15) is 16.3 Å². The van der Waals surface area contributed by atoms with Gasteiger partial charge in [0, 0.05) is 10.9 Å². The maximum absolute atomic E-state index is 8.60. The maximum atomic E-state index is 8.60. The van der Waals surface area contributed by atoms with Crippen molar-refractivity contribution < 1.29 is 9.94 Å². The highest BCUT2D eigenvalue weighted by atomic mass is 35.5. The van der Waals surface area contributed by atoms with Gasteiger partial charge in [-0.3, -0.25) is 0 Å². The number of ether oxygens (including phenoxy) is 1. The number of nitrogens with two attached hydrogens (primary N) is 1. The molecule has 2 aromatic rings. The van der Waals surface area contributed by atoms with Crippen molar-refractivity contribution in [2.75, 3.05) is 0 Å². The Morgan fingerprint density at radius 2 is 2.37 bits per heavy atom. The van der Waals surface area contributed by atoms with Crippen molar-refractivity contribution in [3.05, 3.63) is 44.9 Å². The number of aryl methyl sites for hydroxylation is 1. The Labute approximate surface area is 119 Å². The van der Waals surface area contributed by atoms with E-state index >= 15 is 0 Å². The fourth-order valence-electron chi connectivity index (χ4n) is 1.48. The number of halogens is 1. The summed E-state index contributed by atoms with van der Waals surface area (Å²) in [7, 11) is 0. The van der Waals surface area contributed by atoms with Crippen LogP contribution in [0, 0.1) is 6.92 Å². The van der Waals surface area contributed by atoms with Crippen LogP contribution in [-0.2, 0) is 6.61 Å². The first kappa shape index (κ1) is 13.6. The van der Waals surface area contributed by atoms with Gasteiger partial charge in [-0.15, -0.1) is 11.3 Å². The van der Waals surface area contributed by atoms with Gasteiger partial charge in [-0.05, 0) is 25.1 Å². The lowest BCUT2D eigenvalue weighted by atomic mass is 10.2. The molecule has 0 bridgehead atoms. The Morgan fingerprint density at radius 3 is 2.95 bits per heavy atom. The van der Waals surface area contributed by atoms with E-state index in [9.17, 15) is 0 Å². The summed E-state index contributed by atoms with van der Waals surface area (Å²) >= 11 is 7.60. The van der Waals surface area contributed by atoms with E-state index < -0.39 is 0 Å². The third-order valence-corrected chi connectivity index (χ3v) is 3.51. The van der Waals surface area contributed by atoms with Crippen LogP contribution in [0.3, 0.4) is 0 Å². The number of rotatable bonds is 4. The fraction of sp³-hybridized carbons (Fsp3) is 0.167. The molecule has 0 atom stereocenters. The van der Waals surface area contributed by atoms with Crippen molar-refractivity contribution in [2.45, 2.75) is 13.5 Å². The largest absolute Gasteiger partial charge is 0.487 e. The van der Waals surface area contributed by atoms with Gasteiger partial charge >= 0.3 is 0 Å². The summed E-state index contributed by atoms with van der Waals surface area (Å²) in [5.74, 6) is 0.566. The normalized spacial score (nSPS) is 11.6. The minimum absolute atomic E-state index is 0.0355. The molecular weight excluding hydrogens is 286 g/mol. The van der Waals surface area contributed by atoms with Crippen LogP contribution in [0.15, 0.2) is 28.7 Å². The first-order chi connectivity index (χ1) is 9.10. The second kappa shape index (κ2) is 5.90. The molecule has 1 heterocycles. The van der Waals surface area contributed by atoms with E-state index in [2.05, 4.69) is 10.1 Å². The lowest BCUT2D eigenvalue weighted by molar-refractivity contribution is 0.302. The zero-order chi connectivity index (χ0) is 13.8. The topological polar surface area (TPSA) is 80.7 Å². The highest BCUT2D eigenvalue weighted by molar-refractivity contribution is 7.09. The van der Waals surface area contributed by atoms with Crippen LogP contribution >= 0.6 is 22.9 Å². The van der Waals surface area contributed by atoms with Crippen molar-refractivity contribution in [3.8, 4) is 5.75 Å². The average Bonchev–Trinajstić information content (AvgIpc) is 2.81. The maximum Gasteiger partial charge on any atom is 0.171 e. The third-order valence-electron chi connectivity index (χ3n) is 2.38. The van der Waals surface area contributed by atoms with Crippen molar-refractivity contribution in [2.24, 2.45) is 10.9 Å². The molecule has 100 valence electrons. The van der Waals surface area contributed by atoms with E-state index in [1.54, 1.807) is 29.5 Å². The van der Waals surface area contributed by atoms with Crippen LogP contribution in [0.4, 0.5) is 0 Å². The molecule has 3 N–H and O–H groups in total. The molecule has 7 heteroatoms. The Kier molecular flexibility index (Phi) is 4.24. The van der Waals surface area contributed by atoms with E-state index in [0.717, 1.165) is 10.7 Å². The Morgan fingerprint density at radius 1 is 1.58 bits per heavy atom. The fourth-order valence-corrected chi connectivity index (χ4v) is 2.34. The standard InChI is InChI=1S/C12H12ClN3O2S/c1-7-15-8(6-19-7)5-18-9-2-3-10(11(13)4-9)12(14)16-17/h2-4,6,17H,5H2,1H3,(H2,14,16). The van der Waals surface area contributed by atoms with Gasteiger partial charge in [0.1, 0.15) is 12.4 Å². The number of hydrogen-bond donors (Lipinski definition) is 2. The molecule has 19 heavy (non-hydrogen) atoms. The van der Waals surface area contributed by atoms with Crippen LogP contribution < -0.4 is 10.5 Å². The zero-order valence-electron chi connectivity index (χ0n) is 10.1. The van der Waals surface area contributed by atoms with Gasteiger partial charge in [0.15, 0.2) is 5.84 Å². The molecular formula is C12H12ClN3O2S. The summed E-state index contributed by atoms with van der Waals surface area (Å²) in [4.78, 5) is 4.30. The van der Waals surface area contributed by atoms with E-state index in [1.165, 1.54) is 0 Å². The SMILES string of the molecule is Cc1nc(COc2ccc(/C(N)=N/O)c(Cl)c2)cs1. The Balaban J connectivity index is 2.08. The molecule has 1 aromatic carbocycles. The van der Waals surface area contributed by atoms with E-state index in [-0.39, 0.29) is 5.84 Å². The Bertz CT molecular complexity index is 613. The van der Waals surface area contributed by atoms with Gasteiger partial charge in [0.2, 0.25) is 0 Å². The first-order valence-corrected chi connectivity index (χ1v) is 6.67. The van der Waals surface area contributed by atoms with Gasteiger partial charge in [-0.25, -0.2) is 4.98 Å². The quantitative estimate of drug-likeness (QED) is 0.393. The molecule has 0 fully saturated rings. The van der Waals surface area contributed by atoms with Crippen LogP contribution in [-0.4, -0.2) is 16.0 Å². The van der Waals surface area contributed by atoms with E-state index in [1.807, 2.05) is 12.3 Å². The Hall–Kier alpha value is -1.79. The minimum atomic E-state index is -0.0355. The monoisotopic (exact) mass is 297 g/mol. The lowest BCUT2D eigenvalue weighted by Crippen LogP contribution is -2.13. The van der Waals surface area contributed by atoms with Gasteiger partial charge in [0.25, 0.3) is 0 Å². The minimum Gasteiger partial charge on any atom is -0.487 e. The average molecular weight is 298 g/mol. The molecule has 1 aromatic heterocycles.